The molecule has 1 aliphatic heterocycles. The van der Waals surface area contributed by atoms with Crippen molar-refractivity contribution < 1.29 is 9.59 Å². The van der Waals surface area contributed by atoms with E-state index in [0.29, 0.717) is 11.8 Å². The Hall–Kier alpha value is -0.860. The molecule has 2 aliphatic carbocycles. The Morgan fingerprint density at radius 3 is 1.86 bits per heavy atom. The molecular formula is C11H15NO2. The molecule has 0 radical (unpaired) electrons. The van der Waals surface area contributed by atoms with Crippen LogP contribution in [0.1, 0.15) is 32.1 Å². The van der Waals surface area contributed by atoms with Crippen molar-refractivity contribution in [3.8, 4) is 0 Å². The average Bonchev–Trinajstić information content (AvgIpc) is 2.29. The highest BCUT2D eigenvalue weighted by Gasteiger charge is 2.60. The third kappa shape index (κ3) is 0.928. The molecule has 4 atom stereocenters. The van der Waals surface area contributed by atoms with Crippen LogP contribution in [0.4, 0.5) is 0 Å². The van der Waals surface area contributed by atoms with Crippen LogP contribution in [-0.4, -0.2) is 11.8 Å². The molecule has 14 heavy (non-hydrogen) atoms. The second-order valence-electron chi connectivity index (χ2n) is 4.87. The monoisotopic (exact) mass is 193 g/mol. The molecule has 1 saturated heterocycles. The molecule has 3 rings (SSSR count). The number of hydrogen-bond donors (Lipinski definition) is 1. The lowest BCUT2D eigenvalue weighted by molar-refractivity contribution is -0.136. The first-order chi connectivity index (χ1) is 6.79. The van der Waals surface area contributed by atoms with Gasteiger partial charge in [0, 0.05) is 0 Å². The summed E-state index contributed by atoms with van der Waals surface area (Å²) < 4.78 is 0. The quantitative estimate of drug-likeness (QED) is 0.585. The Labute approximate surface area is 83.2 Å². The largest absolute Gasteiger partial charge is 0.296 e. The summed E-state index contributed by atoms with van der Waals surface area (Å²) in [6.45, 7) is 0. The lowest BCUT2D eigenvalue weighted by Gasteiger charge is -2.45. The molecule has 1 heterocycles. The van der Waals surface area contributed by atoms with Crippen LogP contribution in [0.25, 0.3) is 0 Å². The van der Waals surface area contributed by atoms with Crippen molar-refractivity contribution in [3.05, 3.63) is 0 Å². The standard InChI is InChI=1S/C11H15NO2/c13-10-8-6-4-2-1-3-5-7(6)9(8)11(14)12-10/h6-9H,1-5H2,(H,12,13,14). The summed E-state index contributed by atoms with van der Waals surface area (Å²) in [5.74, 6) is 1.14. The molecule has 3 heteroatoms. The first-order valence-corrected chi connectivity index (χ1v) is 5.64. The lowest BCUT2D eigenvalue weighted by atomic mass is 9.56. The molecule has 0 spiro atoms. The molecule has 4 unspecified atom stereocenters. The lowest BCUT2D eigenvalue weighted by Crippen LogP contribution is -2.47. The number of fused-ring (bicyclic) bond motifs is 4. The van der Waals surface area contributed by atoms with Crippen LogP contribution >= 0.6 is 0 Å². The van der Waals surface area contributed by atoms with E-state index < -0.39 is 0 Å². The van der Waals surface area contributed by atoms with E-state index in [9.17, 15) is 9.59 Å². The van der Waals surface area contributed by atoms with Crippen molar-refractivity contribution in [2.24, 2.45) is 23.7 Å². The van der Waals surface area contributed by atoms with Crippen molar-refractivity contribution in [1.82, 2.24) is 5.32 Å². The van der Waals surface area contributed by atoms with Crippen LogP contribution < -0.4 is 5.32 Å². The van der Waals surface area contributed by atoms with Crippen LogP contribution in [0.5, 0.6) is 0 Å². The zero-order valence-electron chi connectivity index (χ0n) is 8.16. The molecule has 0 bridgehead atoms. The Kier molecular flexibility index (Phi) is 1.70. The zero-order valence-corrected chi connectivity index (χ0v) is 8.16. The van der Waals surface area contributed by atoms with Crippen LogP contribution in [0.15, 0.2) is 0 Å². The zero-order chi connectivity index (χ0) is 9.71. The molecule has 0 aromatic rings. The highest BCUT2D eigenvalue weighted by molar-refractivity contribution is 6.06. The van der Waals surface area contributed by atoms with Crippen molar-refractivity contribution in [2.75, 3.05) is 0 Å². The van der Waals surface area contributed by atoms with E-state index in [1.807, 2.05) is 0 Å². The number of nitrogens with one attached hydrogen (secondary N) is 1. The Bertz CT molecular complexity index is 272. The van der Waals surface area contributed by atoms with E-state index in [4.69, 9.17) is 0 Å². The maximum atomic E-state index is 11.5. The summed E-state index contributed by atoms with van der Waals surface area (Å²) in [7, 11) is 0. The van der Waals surface area contributed by atoms with Gasteiger partial charge in [0.1, 0.15) is 0 Å². The van der Waals surface area contributed by atoms with Gasteiger partial charge in [-0.15, -0.1) is 0 Å². The van der Waals surface area contributed by atoms with E-state index in [1.165, 1.54) is 19.3 Å². The Morgan fingerprint density at radius 1 is 0.857 bits per heavy atom. The highest BCUT2D eigenvalue weighted by atomic mass is 16.2. The third-order valence-corrected chi connectivity index (χ3v) is 4.29. The molecule has 1 N–H and O–H groups in total. The smallest absolute Gasteiger partial charge is 0.230 e. The summed E-state index contributed by atoms with van der Waals surface area (Å²) >= 11 is 0. The summed E-state index contributed by atoms with van der Waals surface area (Å²) in [6.07, 6.45) is 6.08. The van der Waals surface area contributed by atoms with Crippen LogP contribution in [0, 0.1) is 23.7 Å². The maximum Gasteiger partial charge on any atom is 0.230 e. The predicted octanol–water partition coefficient (Wildman–Crippen LogP) is 1.09. The number of hydrogen-bond acceptors (Lipinski definition) is 2. The van der Waals surface area contributed by atoms with Crippen molar-refractivity contribution in [1.29, 1.82) is 0 Å². The van der Waals surface area contributed by atoms with Gasteiger partial charge in [-0.05, 0) is 24.7 Å². The van der Waals surface area contributed by atoms with Crippen molar-refractivity contribution in [3.63, 3.8) is 0 Å². The minimum absolute atomic E-state index is 0.00292. The van der Waals surface area contributed by atoms with E-state index in [-0.39, 0.29) is 23.7 Å². The van der Waals surface area contributed by atoms with E-state index >= 15 is 0 Å². The van der Waals surface area contributed by atoms with Crippen molar-refractivity contribution >= 4 is 11.8 Å². The summed E-state index contributed by atoms with van der Waals surface area (Å²) in [4.78, 5) is 23.0. The minimum atomic E-state index is 0.00292. The molecule has 3 aliphatic rings. The fourth-order valence-electron chi connectivity index (χ4n) is 3.65. The molecule has 3 fully saturated rings. The molecule has 76 valence electrons. The molecule has 0 aromatic heterocycles. The third-order valence-electron chi connectivity index (χ3n) is 4.29. The molecule has 0 aromatic carbocycles. The first kappa shape index (κ1) is 8.45. The molecule has 2 amide bonds. The summed E-state index contributed by atoms with van der Waals surface area (Å²) in [5, 5.41) is 2.48. The van der Waals surface area contributed by atoms with E-state index in [0.717, 1.165) is 12.8 Å². The molecular weight excluding hydrogens is 178 g/mol. The number of carbonyl (C=O) groups is 2. The number of carbonyl (C=O) groups excluding carboxylic acids is 2. The van der Waals surface area contributed by atoms with Gasteiger partial charge in [0.05, 0.1) is 11.8 Å². The van der Waals surface area contributed by atoms with E-state index in [2.05, 4.69) is 5.32 Å². The van der Waals surface area contributed by atoms with Crippen LogP contribution in [-0.2, 0) is 9.59 Å². The summed E-state index contributed by atoms with van der Waals surface area (Å²) in [5.41, 5.74) is 0. The van der Waals surface area contributed by atoms with Crippen LogP contribution in [0.2, 0.25) is 0 Å². The van der Waals surface area contributed by atoms with Gasteiger partial charge < -0.3 is 0 Å². The molecule has 2 saturated carbocycles. The van der Waals surface area contributed by atoms with Crippen molar-refractivity contribution in [2.45, 2.75) is 32.1 Å². The van der Waals surface area contributed by atoms with E-state index in [1.54, 1.807) is 0 Å². The van der Waals surface area contributed by atoms with Gasteiger partial charge in [0.25, 0.3) is 0 Å². The van der Waals surface area contributed by atoms with Crippen LogP contribution in [0.3, 0.4) is 0 Å². The van der Waals surface area contributed by atoms with Gasteiger partial charge in [-0.25, -0.2) is 0 Å². The topological polar surface area (TPSA) is 46.2 Å². The second-order valence-corrected chi connectivity index (χ2v) is 4.87. The highest BCUT2D eigenvalue weighted by Crippen LogP contribution is 2.54. The number of rotatable bonds is 0. The number of imide groups is 1. The van der Waals surface area contributed by atoms with Gasteiger partial charge in [-0.1, -0.05) is 19.3 Å². The average molecular weight is 193 g/mol. The SMILES string of the molecule is O=C1NC(=O)C2C3CCCCCC3C12. The van der Waals surface area contributed by atoms with Gasteiger partial charge in [-0.2, -0.15) is 0 Å². The Morgan fingerprint density at radius 2 is 1.36 bits per heavy atom. The normalized spacial score (nSPS) is 46.0. The fourth-order valence-corrected chi connectivity index (χ4v) is 3.65. The molecule has 3 nitrogen and oxygen atoms in total. The van der Waals surface area contributed by atoms with Gasteiger partial charge >= 0.3 is 0 Å². The summed E-state index contributed by atoms with van der Waals surface area (Å²) in [6, 6.07) is 0. The second kappa shape index (κ2) is 2.81. The minimum Gasteiger partial charge on any atom is -0.296 e. The van der Waals surface area contributed by atoms with Gasteiger partial charge in [-0.3, -0.25) is 14.9 Å². The number of amides is 2. The van der Waals surface area contributed by atoms with Gasteiger partial charge in [0.15, 0.2) is 0 Å². The fraction of sp³-hybridized carbons (Fsp3) is 0.818. The Balaban J connectivity index is 1.86. The first-order valence-electron chi connectivity index (χ1n) is 5.64. The predicted molar refractivity (Wildman–Crippen MR) is 50.2 cm³/mol. The van der Waals surface area contributed by atoms with Gasteiger partial charge in [0.2, 0.25) is 11.8 Å². The maximum absolute atomic E-state index is 11.5.